The normalized spacial score (nSPS) is 11.6. The van der Waals surface area contributed by atoms with E-state index in [1.165, 1.54) is 18.2 Å². The van der Waals surface area contributed by atoms with Crippen molar-refractivity contribution in [3.63, 3.8) is 0 Å². The van der Waals surface area contributed by atoms with Gasteiger partial charge in [-0.25, -0.2) is 13.2 Å². The van der Waals surface area contributed by atoms with Crippen molar-refractivity contribution in [3.8, 4) is 5.75 Å². The van der Waals surface area contributed by atoms with Crippen molar-refractivity contribution < 1.29 is 23.1 Å². The second kappa shape index (κ2) is 6.38. The molecule has 1 aromatic carbocycles. The van der Waals surface area contributed by atoms with Crippen LogP contribution in [0, 0.1) is 0 Å². The number of halogens is 1. The lowest BCUT2D eigenvalue weighted by Gasteiger charge is -2.10. The average molecular weight is 351 g/mol. The minimum atomic E-state index is -3.14. The fourth-order valence-electron chi connectivity index (χ4n) is 1.25. The number of hydrogen-bond acceptors (Lipinski definition) is 4. The molecule has 106 valence electrons. The molecule has 0 aliphatic carbocycles. The quantitative estimate of drug-likeness (QED) is 0.851. The summed E-state index contributed by atoms with van der Waals surface area (Å²) in [6, 6.07) is 4.31. The van der Waals surface area contributed by atoms with Crippen LogP contribution in [0.3, 0.4) is 0 Å². The Balaban J connectivity index is 2.67. The lowest BCUT2D eigenvalue weighted by Crippen LogP contribution is -2.22. The van der Waals surface area contributed by atoms with E-state index in [-0.39, 0.29) is 17.9 Å². The zero-order chi connectivity index (χ0) is 14.6. The number of ether oxygens (including phenoxy) is 1. The Bertz CT molecular complexity index is 565. The van der Waals surface area contributed by atoms with Gasteiger partial charge in [0.15, 0.2) is 9.84 Å². The summed E-state index contributed by atoms with van der Waals surface area (Å²) < 4.78 is 29.0. The predicted molar refractivity (Wildman–Crippen MR) is 75.5 cm³/mol. The maximum Gasteiger partial charge on any atom is 0.335 e. The molecule has 0 spiro atoms. The van der Waals surface area contributed by atoms with Gasteiger partial charge in [-0.3, -0.25) is 0 Å². The number of benzene rings is 1. The standard InChI is InChI=1S/C12H15BrO5S/c1-8(2)19(16,17)6-5-18-11-4-3-9(12(14)15)7-10(11)13/h3-4,7-8H,5-6H2,1-2H3,(H,14,15). The molecule has 0 saturated heterocycles. The van der Waals surface area contributed by atoms with Crippen LogP contribution >= 0.6 is 15.9 Å². The fourth-order valence-corrected chi connectivity index (χ4v) is 2.53. The number of sulfone groups is 1. The second-order valence-corrected chi connectivity index (χ2v) is 7.75. The first-order valence-electron chi connectivity index (χ1n) is 5.61. The maximum atomic E-state index is 11.6. The summed E-state index contributed by atoms with van der Waals surface area (Å²) in [5.74, 6) is -0.684. The first kappa shape index (κ1) is 16.0. The Hall–Kier alpha value is -1.08. The van der Waals surface area contributed by atoms with Crippen LogP contribution in [0.2, 0.25) is 0 Å². The Morgan fingerprint density at radius 1 is 1.42 bits per heavy atom. The monoisotopic (exact) mass is 350 g/mol. The number of carboxylic acids is 1. The minimum Gasteiger partial charge on any atom is -0.491 e. The molecule has 0 aliphatic rings. The number of carbonyl (C=O) groups is 1. The van der Waals surface area contributed by atoms with Gasteiger partial charge in [-0.2, -0.15) is 0 Å². The molecular weight excluding hydrogens is 336 g/mol. The van der Waals surface area contributed by atoms with E-state index in [0.717, 1.165) is 0 Å². The lowest BCUT2D eigenvalue weighted by molar-refractivity contribution is 0.0696. The molecule has 0 atom stereocenters. The van der Waals surface area contributed by atoms with Gasteiger partial charge in [-0.05, 0) is 48.0 Å². The fraction of sp³-hybridized carbons (Fsp3) is 0.417. The van der Waals surface area contributed by atoms with Crippen LogP contribution in [0.4, 0.5) is 0 Å². The molecule has 7 heteroatoms. The molecule has 0 fully saturated rings. The van der Waals surface area contributed by atoms with Crippen LogP contribution in [0.25, 0.3) is 0 Å². The Morgan fingerprint density at radius 3 is 2.53 bits per heavy atom. The predicted octanol–water partition coefficient (Wildman–Crippen LogP) is 2.35. The van der Waals surface area contributed by atoms with Gasteiger partial charge in [0.2, 0.25) is 0 Å². The zero-order valence-corrected chi connectivity index (χ0v) is 13.0. The van der Waals surface area contributed by atoms with Crippen LogP contribution in [0.1, 0.15) is 24.2 Å². The van der Waals surface area contributed by atoms with E-state index in [4.69, 9.17) is 9.84 Å². The Labute approximate surface area is 120 Å². The summed E-state index contributed by atoms with van der Waals surface area (Å²) in [5.41, 5.74) is 0.133. The van der Waals surface area contributed by atoms with Crippen molar-refractivity contribution in [2.24, 2.45) is 0 Å². The van der Waals surface area contributed by atoms with Crippen molar-refractivity contribution >= 4 is 31.7 Å². The van der Waals surface area contributed by atoms with Gasteiger partial charge in [0.25, 0.3) is 0 Å². The van der Waals surface area contributed by atoms with Gasteiger partial charge in [0.05, 0.1) is 21.0 Å². The highest BCUT2D eigenvalue weighted by Crippen LogP contribution is 2.26. The number of rotatable bonds is 6. The summed E-state index contributed by atoms with van der Waals surface area (Å²) in [4.78, 5) is 10.7. The van der Waals surface area contributed by atoms with Crippen molar-refractivity contribution in [1.29, 1.82) is 0 Å². The van der Waals surface area contributed by atoms with Gasteiger partial charge in [0, 0.05) is 0 Å². The third kappa shape index (κ3) is 4.50. The molecule has 5 nitrogen and oxygen atoms in total. The molecule has 0 aliphatic heterocycles. The SMILES string of the molecule is CC(C)S(=O)(=O)CCOc1ccc(C(=O)O)cc1Br. The molecule has 0 bridgehead atoms. The highest BCUT2D eigenvalue weighted by atomic mass is 79.9. The van der Waals surface area contributed by atoms with Crippen molar-refractivity contribution in [2.75, 3.05) is 12.4 Å². The molecule has 0 amide bonds. The van der Waals surface area contributed by atoms with E-state index in [1.54, 1.807) is 13.8 Å². The molecule has 1 rings (SSSR count). The lowest BCUT2D eigenvalue weighted by atomic mass is 10.2. The number of hydrogen-bond donors (Lipinski definition) is 1. The summed E-state index contributed by atoms with van der Waals surface area (Å²) >= 11 is 3.19. The van der Waals surface area contributed by atoms with Crippen molar-refractivity contribution in [3.05, 3.63) is 28.2 Å². The van der Waals surface area contributed by atoms with E-state index in [2.05, 4.69) is 15.9 Å². The van der Waals surface area contributed by atoms with Gasteiger partial charge < -0.3 is 9.84 Å². The van der Waals surface area contributed by atoms with Crippen LogP contribution in [-0.4, -0.2) is 37.1 Å². The smallest absolute Gasteiger partial charge is 0.335 e. The van der Waals surface area contributed by atoms with Crippen LogP contribution < -0.4 is 4.74 Å². The van der Waals surface area contributed by atoms with Crippen LogP contribution in [-0.2, 0) is 9.84 Å². The molecule has 0 radical (unpaired) electrons. The molecular formula is C12H15BrO5S. The maximum absolute atomic E-state index is 11.6. The summed E-state index contributed by atoms with van der Waals surface area (Å²) in [7, 11) is -3.14. The second-order valence-electron chi connectivity index (χ2n) is 4.21. The minimum absolute atomic E-state index is 0.0333. The number of carboxylic acid groups (broad SMARTS) is 1. The highest BCUT2D eigenvalue weighted by molar-refractivity contribution is 9.10. The average Bonchev–Trinajstić information content (AvgIpc) is 2.30. The molecule has 1 aromatic rings. The van der Waals surface area contributed by atoms with E-state index in [0.29, 0.717) is 10.2 Å². The zero-order valence-electron chi connectivity index (χ0n) is 10.6. The largest absolute Gasteiger partial charge is 0.491 e. The van der Waals surface area contributed by atoms with Gasteiger partial charge in [0.1, 0.15) is 12.4 Å². The van der Waals surface area contributed by atoms with Gasteiger partial charge in [-0.1, -0.05) is 0 Å². The van der Waals surface area contributed by atoms with Crippen LogP contribution in [0.15, 0.2) is 22.7 Å². The third-order valence-corrected chi connectivity index (χ3v) is 5.31. The van der Waals surface area contributed by atoms with Crippen LogP contribution in [0.5, 0.6) is 5.75 Å². The molecule has 19 heavy (non-hydrogen) atoms. The van der Waals surface area contributed by atoms with Crippen molar-refractivity contribution in [1.82, 2.24) is 0 Å². The first-order valence-corrected chi connectivity index (χ1v) is 8.12. The van der Waals surface area contributed by atoms with E-state index in [9.17, 15) is 13.2 Å². The van der Waals surface area contributed by atoms with E-state index >= 15 is 0 Å². The third-order valence-electron chi connectivity index (χ3n) is 2.52. The summed E-state index contributed by atoms with van der Waals surface area (Å²) in [6.07, 6.45) is 0. The molecule has 0 aromatic heterocycles. The van der Waals surface area contributed by atoms with E-state index < -0.39 is 21.1 Å². The van der Waals surface area contributed by atoms with Crippen molar-refractivity contribution in [2.45, 2.75) is 19.1 Å². The Morgan fingerprint density at radius 2 is 2.05 bits per heavy atom. The van der Waals surface area contributed by atoms with E-state index in [1.807, 2.05) is 0 Å². The summed E-state index contributed by atoms with van der Waals surface area (Å²) in [5, 5.41) is 8.37. The highest BCUT2D eigenvalue weighted by Gasteiger charge is 2.16. The molecule has 0 unspecified atom stereocenters. The van der Waals surface area contributed by atoms with Gasteiger partial charge in [-0.15, -0.1) is 0 Å². The van der Waals surface area contributed by atoms with Gasteiger partial charge >= 0.3 is 5.97 Å². The Kier molecular flexibility index (Phi) is 5.37. The molecule has 0 heterocycles. The summed E-state index contributed by atoms with van der Waals surface area (Å²) in [6.45, 7) is 3.27. The molecule has 0 saturated carbocycles. The molecule has 1 N–H and O–H groups in total. The number of aromatic carboxylic acids is 1. The first-order chi connectivity index (χ1) is 8.74. The topological polar surface area (TPSA) is 80.7 Å².